The number of hydrogen-bond acceptors (Lipinski definition) is 3. The molecule has 0 heterocycles. The van der Waals surface area contributed by atoms with Gasteiger partial charge in [-0.15, -0.1) is 0 Å². The van der Waals surface area contributed by atoms with Crippen LogP contribution in [0, 0.1) is 0 Å². The first-order valence-electron chi connectivity index (χ1n) is 13.8. The monoisotopic (exact) mass is 461 g/mol. The van der Waals surface area contributed by atoms with Crippen molar-refractivity contribution in [2.75, 3.05) is 19.8 Å². The summed E-state index contributed by atoms with van der Waals surface area (Å²) in [6.45, 7) is 8.88. The maximum atomic E-state index is 12.7. The van der Waals surface area contributed by atoms with Crippen molar-refractivity contribution in [2.45, 2.75) is 123 Å². The zero-order valence-electron chi connectivity index (χ0n) is 21.8. The zero-order chi connectivity index (χ0) is 24.0. The van der Waals surface area contributed by atoms with Crippen molar-refractivity contribution in [2.24, 2.45) is 0 Å². The van der Waals surface area contributed by atoms with Gasteiger partial charge in [0.15, 0.2) is 0 Å². The number of carbonyl (C=O) groups is 1. The highest BCUT2D eigenvalue weighted by atomic mass is 16.5. The summed E-state index contributed by atoms with van der Waals surface area (Å²) < 4.78 is 12.2. The lowest BCUT2D eigenvalue weighted by Gasteiger charge is -2.28. The summed E-state index contributed by atoms with van der Waals surface area (Å²) in [5, 5.41) is 3.21. The van der Waals surface area contributed by atoms with E-state index in [1.165, 1.54) is 64.2 Å². The Morgan fingerprint density at radius 3 is 1.94 bits per heavy atom. The molecule has 1 rings (SSSR count). The van der Waals surface area contributed by atoms with Crippen molar-refractivity contribution in [3.8, 4) is 0 Å². The van der Waals surface area contributed by atoms with E-state index in [0.717, 1.165) is 38.9 Å². The molecule has 2 unspecified atom stereocenters. The Morgan fingerprint density at radius 1 is 0.758 bits per heavy atom. The molecule has 1 aromatic rings. The standard InChI is InChI=1S/C29H51NO3/c1-4-7-9-11-13-18-23-32-25-22-28(33-24-19-14-12-10-8-5-2)27(6-3)30-29(31)26-20-16-15-17-21-26/h15-17,20-21,27-28H,4-14,18-19,22-25H2,1-3H3,(H,30,31). The number of unbranched alkanes of at least 4 members (excludes halogenated alkanes) is 10. The van der Waals surface area contributed by atoms with Gasteiger partial charge in [-0.25, -0.2) is 0 Å². The molecule has 2 atom stereocenters. The predicted octanol–water partition coefficient (Wildman–Crippen LogP) is 7.71. The van der Waals surface area contributed by atoms with E-state index in [1.807, 2.05) is 30.3 Å². The van der Waals surface area contributed by atoms with Crippen molar-refractivity contribution in [3.63, 3.8) is 0 Å². The molecule has 0 bridgehead atoms. The summed E-state index contributed by atoms with van der Waals surface area (Å²) in [6.07, 6.45) is 16.8. The Bertz CT molecular complexity index is 563. The van der Waals surface area contributed by atoms with Gasteiger partial charge in [-0.1, -0.05) is 103 Å². The maximum absolute atomic E-state index is 12.7. The average molecular weight is 462 g/mol. The first-order valence-corrected chi connectivity index (χ1v) is 13.8. The Hall–Kier alpha value is -1.39. The molecule has 0 saturated heterocycles. The fourth-order valence-electron chi connectivity index (χ4n) is 4.10. The van der Waals surface area contributed by atoms with Crippen molar-refractivity contribution in [1.29, 1.82) is 0 Å². The molecule has 1 aromatic carbocycles. The van der Waals surface area contributed by atoms with Gasteiger partial charge in [-0.3, -0.25) is 4.79 Å². The van der Waals surface area contributed by atoms with Gasteiger partial charge in [0.1, 0.15) is 0 Å². The number of hydrogen-bond donors (Lipinski definition) is 1. The first kappa shape index (κ1) is 29.6. The van der Waals surface area contributed by atoms with Crippen LogP contribution in [-0.4, -0.2) is 37.9 Å². The quantitative estimate of drug-likeness (QED) is 0.180. The van der Waals surface area contributed by atoms with Crippen LogP contribution in [0.3, 0.4) is 0 Å². The van der Waals surface area contributed by atoms with Crippen LogP contribution in [0.2, 0.25) is 0 Å². The molecular weight excluding hydrogens is 410 g/mol. The number of nitrogens with one attached hydrogen (secondary N) is 1. The van der Waals surface area contributed by atoms with Gasteiger partial charge in [0.2, 0.25) is 0 Å². The smallest absolute Gasteiger partial charge is 0.251 e. The molecule has 1 amide bonds. The second-order valence-corrected chi connectivity index (χ2v) is 9.20. The van der Waals surface area contributed by atoms with E-state index in [-0.39, 0.29) is 18.1 Å². The molecule has 4 nitrogen and oxygen atoms in total. The SMILES string of the molecule is CCCCCCCCOCCC(OCCCCCCCC)C(CC)NC(=O)c1ccccc1. The zero-order valence-corrected chi connectivity index (χ0v) is 21.8. The summed E-state index contributed by atoms with van der Waals surface area (Å²) in [5.74, 6) is -0.0244. The Balaban J connectivity index is 2.45. The van der Waals surface area contributed by atoms with Crippen molar-refractivity contribution >= 4 is 5.91 Å². The van der Waals surface area contributed by atoms with Gasteiger partial charge < -0.3 is 14.8 Å². The molecule has 0 fully saturated rings. The second kappa shape index (κ2) is 21.2. The summed E-state index contributed by atoms with van der Waals surface area (Å²) in [5.41, 5.74) is 0.699. The average Bonchev–Trinajstić information content (AvgIpc) is 2.85. The molecule has 190 valence electrons. The van der Waals surface area contributed by atoms with Crippen molar-refractivity contribution < 1.29 is 14.3 Å². The molecule has 4 heteroatoms. The van der Waals surface area contributed by atoms with E-state index in [0.29, 0.717) is 12.2 Å². The maximum Gasteiger partial charge on any atom is 0.251 e. The summed E-state index contributed by atoms with van der Waals surface area (Å²) in [6, 6.07) is 9.45. The van der Waals surface area contributed by atoms with Crippen molar-refractivity contribution in [1.82, 2.24) is 5.32 Å². The van der Waals surface area contributed by atoms with Gasteiger partial charge in [-0.2, -0.15) is 0 Å². The fraction of sp³-hybridized carbons (Fsp3) is 0.759. The van der Waals surface area contributed by atoms with Crippen LogP contribution >= 0.6 is 0 Å². The third-order valence-corrected chi connectivity index (χ3v) is 6.26. The Kier molecular flexibility index (Phi) is 19.0. The van der Waals surface area contributed by atoms with Crippen LogP contribution in [0.4, 0.5) is 0 Å². The van der Waals surface area contributed by atoms with Crippen molar-refractivity contribution in [3.05, 3.63) is 35.9 Å². The molecule has 0 saturated carbocycles. The van der Waals surface area contributed by atoms with E-state index < -0.39 is 0 Å². The second-order valence-electron chi connectivity index (χ2n) is 9.20. The van der Waals surface area contributed by atoms with Crippen LogP contribution in [0.25, 0.3) is 0 Å². The van der Waals surface area contributed by atoms with Gasteiger partial charge in [0, 0.05) is 25.4 Å². The highest BCUT2D eigenvalue weighted by molar-refractivity contribution is 5.94. The molecule has 1 N–H and O–H groups in total. The highest BCUT2D eigenvalue weighted by Crippen LogP contribution is 2.13. The van der Waals surface area contributed by atoms with Gasteiger partial charge in [-0.05, 0) is 37.8 Å². The number of rotatable bonds is 22. The number of ether oxygens (including phenoxy) is 2. The van der Waals surface area contributed by atoms with Crippen LogP contribution in [0.1, 0.15) is 121 Å². The van der Waals surface area contributed by atoms with Crippen LogP contribution in [-0.2, 0) is 9.47 Å². The van der Waals surface area contributed by atoms with Gasteiger partial charge in [0.05, 0.1) is 12.1 Å². The fourth-order valence-corrected chi connectivity index (χ4v) is 4.10. The van der Waals surface area contributed by atoms with E-state index in [9.17, 15) is 4.79 Å². The number of amides is 1. The molecule has 0 spiro atoms. The minimum Gasteiger partial charge on any atom is -0.381 e. The molecule has 0 aromatic heterocycles. The van der Waals surface area contributed by atoms with Crippen LogP contribution < -0.4 is 5.32 Å². The summed E-state index contributed by atoms with van der Waals surface area (Å²) in [4.78, 5) is 12.7. The highest BCUT2D eigenvalue weighted by Gasteiger charge is 2.23. The van der Waals surface area contributed by atoms with E-state index in [2.05, 4.69) is 26.1 Å². The van der Waals surface area contributed by atoms with Crippen LogP contribution in [0.15, 0.2) is 30.3 Å². The van der Waals surface area contributed by atoms with E-state index in [1.54, 1.807) is 0 Å². The lowest BCUT2D eigenvalue weighted by atomic mass is 10.0. The molecule has 0 aliphatic heterocycles. The number of benzene rings is 1. The molecular formula is C29H51NO3. The molecule has 0 aliphatic carbocycles. The molecule has 33 heavy (non-hydrogen) atoms. The Morgan fingerprint density at radius 2 is 1.33 bits per heavy atom. The van der Waals surface area contributed by atoms with Gasteiger partial charge in [0.25, 0.3) is 5.91 Å². The lowest BCUT2D eigenvalue weighted by molar-refractivity contribution is -0.00257. The normalized spacial score (nSPS) is 13.1. The minimum absolute atomic E-state index is 0.00422. The summed E-state index contributed by atoms with van der Waals surface area (Å²) >= 11 is 0. The molecule has 0 aliphatic rings. The predicted molar refractivity (Wildman–Crippen MR) is 140 cm³/mol. The minimum atomic E-state index is -0.0244. The van der Waals surface area contributed by atoms with E-state index in [4.69, 9.17) is 9.47 Å². The largest absolute Gasteiger partial charge is 0.381 e. The topological polar surface area (TPSA) is 47.6 Å². The van der Waals surface area contributed by atoms with Crippen LogP contribution in [0.5, 0.6) is 0 Å². The lowest BCUT2D eigenvalue weighted by Crippen LogP contribution is -2.44. The third-order valence-electron chi connectivity index (χ3n) is 6.26. The third kappa shape index (κ3) is 15.2. The van der Waals surface area contributed by atoms with E-state index >= 15 is 0 Å². The Labute approximate surface area is 204 Å². The molecule has 0 radical (unpaired) electrons. The first-order chi connectivity index (χ1) is 16.2. The number of carbonyl (C=O) groups excluding carboxylic acids is 1. The summed E-state index contributed by atoms with van der Waals surface area (Å²) in [7, 11) is 0. The van der Waals surface area contributed by atoms with Gasteiger partial charge >= 0.3 is 0 Å².